The lowest BCUT2D eigenvalue weighted by molar-refractivity contribution is -0.387. The number of nitrogens with zero attached hydrogens (tertiary/aromatic N) is 4. The fourth-order valence-electron chi connectivity index (χ4n) is 5.50. The number of benzene rings is 2. The van der Waals surface area contributed by atoms with Gasteiger partial charge in [-0.2, -0.15) is 4.39 Å². The Morgan fingerprint density at radius 2 is 1.88 bits per heavy atom. The van der Waals surface area contributed by atoms with Gasteiger partial charge in [0.2, 0.25) is 11.8 Å². The van der Waals surface area contributed by atoms with Gasteiger partial charge in [-0.25, -0.2) is 9.97 Å². The Labute approximate surface area is 242 Å². The molecule has 1 aliphatic heterocycles. The first-order chi connectivity index (χ1) is 20.5. The van der Waals surface area contributed by atoms with Crippen LogP contribution in [0.1, 0.15) is 43.2 Å². The molecule has 0 amide bonds. The van der Waals surface area contributed by atoms with Crippen LogP contribution in [0.25, 0.3) is 22.2 Å². The summed E-state index contributed by atoms with van der Waals surface area (Å²) in [5, 5.41) is 15.4. The minimum Gasteiger partial charge on any atom is -0.494 e. The molecule has 8 nitrogen and oxygen atoms in total. The molecule has 6 rings (SSSR count). The number of hydrogen-bond acceptors (Lipinski definition) is 6. The molecule has 3 heterocycles. The number of halogens is 6. The van der Waals surface area contributed by atoms with Crippen molar-refractivity contribution in [2.75, 3.05) is 12.4 Å². The average molecular weight is 608 g/mol. The number of aromatic nitrogens is 3. The van der Waals surface area contributed by atoms with Gasteiger partial charge >= 0.3 is 5.69 Å². The first-order valence-corrected chi connectivity index (χ1v) is 13.1. The predicted molar refractivity (Wildman–Crippen MR) is 150 cm³/mol. The third kappa shape index (κ3) is 6.82. The number of aryl methyl sites for hydroxylation is 2. The van der Waals surface area contributed by atoms with Crippen molar-refractivity contribution in [2.24, 2.45) is 5.92 Å². The lowest BCUT2D eigenvalue weighted by Crippen LogP contribution is -2.05. The van der Waals surface area contributed by atoms with E-state index in [0.29, 0.717) is 11.6 Å². The van der Waals surface area contributed by atoms with E-state index in [2.05, 4.69) is 51.1 Å². The molecule has 1 saturated carbocycles. The molecule has 0 atom stereocenters. The van der Waals surface area contributed by atoms with Crippen LogP contribution in [-0.2, 0) is 13.0 Å². The van der Waals surface area contributed by atoms with E-state index in [0.717, 1.165) is 60.9 Å². The first-order valence-electron chi connectivity index (χ1n) is 13.1. The van der Waals surface area contributed by atoms with Crippen LogP contribution in [0.2, 0.25) is 0 Å². The second-order valence-corrected chi connectivity index (χ2v) is 9.75. The summed E-state index contributed by atoms with van der Waals surface area (Å²) in [6.07, 6.45) is 10.5. The fourth-order valence-corrected chi connectivity index (χ4v) is 5.50. The van der Waals surface area contributed by atoms with Gasteiger partial charge in [-0.3, -0.25) is 14.8 Å². The van der Waals surface area contributed by atoms with Crippen molar-refractivity contribution < 1.29 is 37.1 Å². The zero-order valence-electron chi connectivity index (χ0n) is 22.9. The van der Waals surface area contributed by atoms with Crippen molar-refractivity contribution in [1.29, 1.82) is 0 Å². The van der Waals surface area contributed by atoms with Crippen LogP contribution in [0.5, 0.6) is 5.75 Å². The molecule has 0 radical (unpaired) electrons. The van der Waals surface area contributed by atoms with E-state index in [4.69, 9.17) is 28.0 Å². The smallest absolute Gasteiger partial charge is 0.307 e. The number of ether oxygens (including phenoxy) is 1. The molecular formula is C29H27F6N5O3. The normalized spacial score (nSPS) is 13.3. The number of nitro benzene ring substituents is 1. The second kappa shape index (κ2) is 14.9. The number of rotatable bonds is 5. The van der Waals surface area contributed by atoms with Gasteiger partial charge in [-0.05, 0) is 31.2 Å². The van der Waals surface area contributed by atoms with Gasteiger partial charge < -0.3 is 14.6 Å². The topological polar surface area (TPSA) is 95.1 Å². The minimum absolute atomic E-state index is 0. The Bertz CT molecular complexity index is 1650. The molecule has 0 bridgehead atoms. The SMILES string of the molecule is COc1cc(F)c([N+](=O)[O-])cc1Nc1ncc(C#CC2CCCC2)c(-c2cn3c4c(cccc24)CCC3)n1.F.FF.FF. The highest BCUT2D eigenvalue weighted by atomic mass is 20.0. The third-order valence-electron chi connectivity index (χ3n) is 7.35. The molecule has 4 aromatic rings. The minimum atomic E-state index is -0.981. The lowest BCUT2D eigenvalue weighted by Gasteiger charge is -2.14. The molecule has 1 aliphatic carbocycles. The number of hydrogen-bond donors (Lipinski definition) is 1. The van der Waals surface area contributed by atoms with Crippen molar-refractivity contribution in [3.63, 3.8) is 0 Å². The molecule has 0 unspecified atom stereocenters. The van der Waals surface area contributed by atoms with Gasteiger partial charge in [-0.1, -0.05) is 42.9 Å². The van der Waals surface area contributed by atoms with E-state index in [9.17, 15) is 14.5 Å². The lowest BCUT2D eigenvalue weighted by atomic mass is 10.0. The van der Waals surface area contributed by atoms with Crippen LogP contribution in [-0.4, -0.2) is 26.6 Å². The van der Waals surface area contributed by atoms with Crippen LogP contribution in [0.15, 0.2) is 42.7 Å². The van der Waals surface area contributed by atoms with Gasteiger partial charge in [0.25, 0.3) is 0 Å². The van der Waals surface area contributed by atoms with Crippen molar-refractivity contribution in [1.82, 2.24) is 14.5 Å². The Hall–Kier alpha value is -4.80. The first kappa shape index (κ1) is 32.7. The van der Waals surface area contributed by atoms with Crippen molar-refractivity contribution >= 4 is 28.2 Å². The summed E-state index contributed by atoms with van der Waals surface area (Å²) in [4.78, 5) is 19.9. The molecule has 1 fully saturated rings. The molecule has 0 spiro atoms. The monoisotopic (exact) mass is 607 g/mol. The molecule has 2 aromatic heterocycles. The van der Waals surface area contributed by atoms with Gasteiger partial charge in [0, 0.05) is 66.2 Å². The molecule has 2 aromatic carbocycles. The molecule has 2 aliphatic rings. The highest BCUT2D eigenvalue weighted by Crippen LogP contribution is 2.37. The second-order valence-electron chi connectivity index (χ2n) is 9.75. The number of nitrogens with one attached hydrogen (secondary N) is 1. The number of methoxy groups -OCH3 is 1. The summed E-state index contributed by atoms with van der Waals surface area (Å²) >= 11 is 0. The largest absolute Gasteiger partial charge is 0.494 e. The zero-order valence-corrected chi connectivity index (χ0v) is 22.9. The Kier molecular flexibility index (Phi) is 11.3. The maximum atomic E-state index is 14.2. The van der Waals surface area contributed by atoms with E-state index in [1.54, 1.807) is 6.20 Å². The van der Waals surface area contributed by atoms with E-state index >= 15 is 0 Å². The van der Waals surface area contributed by atoms with E-state index in [1.165, 1.54) is 31.0 Å². The van der Waals surface area contributed by atoms with Gasteiger partial charge in [0.1, 0.15) is 5.75 Å². The fraction of sp³-hybridized carbons (Fsp3) is 0.310. The van der Waals surface area contributed by atoms with Crippen LogP contribution in [0.3, 0.4) is 0 Å². The maximum Gasteiger partial charge on any atom is 0.307 e. The van der Waals surface area contributed by atoms with Crippen molar-refractivity contribution in [2.45, 2.75) is 45.1 Å². The summed E-state index contributed by atoms with van der Waals surface area (Å²) in [6, 6.07) is 8.41. The van der Waals surface area contributed by atoms with Crippen molar-refractivity contribution in [3.05, 3.63) is 69.8 Å². The third-order valence-corrected chi connectivity index (χ3v) is 7.35. The predicted octanol–water partition coefficient (Wildman–Crippen LogP) is 8.22. The quantitative estimate of drug-likeness (QED) is 0.106. The number of anilines is 2. The zero-order chi connectivity index (χ0) is 30.2. The van der Waals surface area contributed by atoms with Crippen molar-refractivity contribution in [3.8, 4) is 28.8 Å². The molecule has 1 N–H and O–H groups in total. The summed E-state index contributed by atoms with van der Waals surface area (Å²) in [5.41, 5.74) is 4.43. The average Bonchev–Trinajstić information content (AvgIpc) is 3.68. The van der Waals surface area contributed by atoms with E-state index in [-0.39, 0.29) is 22.1 Å². The molecular weight excluding hydrogens is 580 g/mol. The molecule has 14 heteroatoms. The molecule has 0 saturated heterocycles. The van der Waals surface area contributed by atoms with Crippen LogP contribution < -0.4 is 10.1 Å². The Morgan fingerprint density at radius 3 is 2.58 bits per heavy atom. The number of nitro groups is 1. The highest BCUT2D eigenvalue weighted by Gasteiger charge is 2.22. The van der Waals surface area contributed by atoms with Gasteiger partial charge in [0.15, 0.2) is 0 Å². The van der Waals surface area contributed by atoms with Gasteiger partial charge in [0.05, 0.1) is 34.5 Å². The Morgan fingerprint density at radius 1 is 1.14 bits per heavy atom. The summed E-state index contributed by atoms with van der Waals surface area (Å²) in [6.45, 7) is 0.934. The molecule has 43 heavy (non-hydrogen) atoms. The summed E-state index contributed by atoms with van der Waals surface area (Å²) in [7, 11) is 1.37. The standard InChI is InChI=1S/C29H26FN5O3.2F2.FH/c1-38-26-14-23(30)25(35(36)37)15-24(26)32-29-31-16-20(12-11-18-6-2-3-7-18)27(33-29)22-17-34-13-5-9-19-8-4-10-21(22)28(19)34;2*1-2;/h4,8,10,14-18H,2-3,5-7,9,13H2,1H3,(H,31,32,33);;;1H. The maximum absolute atomic E-state index is 14.2. The highest BCUT2D eigenvalue weighted by molar-refractivity contribution is 5.98. The van der Waals surface area contributed by atoms with Gasteiger partial charge in [-0.15, -0.1) is 0 Å². The molecule has 228 valence electrons. The summed E-state index contributed by atoms with van der Waals surface area (Å²) < 4.78 is 53.7. The Balaban J connectivity index is 0.000000973. The van der Waals surface area contributed by atoms with Crippen LogP contribution in [0, 0.1) is 33.7 Å². The summed E-state index contributed by atoms with van der Waals surface area (Å²) in [5.74, 6) is 6.47. The van der Waals surface area contributed by atoms with E-state index in [1.807, 2.05) is 0 Å². The van der Waals surface area contributed by atoms with Crippen LogP contribution >= 0.6 is 0 Å². The van der Waals surface area contributed by atoms with E-state index < -0.39 is 16.4 Å². The van der Waals surface area contributed by atoms with Crippen LogP contribution in [0.4, 0.5) is 44.7 Å². The number of para-hydroxylation sites is 1.